The van der Waals surface area contributed by atoms with Crippen molar-refractivity contribution in [1.29, 1.82) is 0 Å². The van der Waals surface area contributed by atoms with Crippen molar-refractivity contribution in [3.05, 3.63) is 121 Å². The molecular weight excluding hydrogens is 921 g/mol. The van der Waals surface area contributed by atoms with E-state index < -0.39 is 53.1 Å². The summed E-state index contributed by atoms with van der Waals surface area (Å²) in [5.41, 5.74) is 0. The van der Waals surface area contributed by atoms with Crippen molar-refractivity contribution in [3.8, 4) is 0 Å². The minimum absolute atomic E-state index is 0.0512. The second-order valence-electron chi connectivity index (χ2n) is 24.0. The van der Waals surface area contributed by atoms with Crippen molar-refractivity contribution >= 4 is 49.3 Å². The number of ether oxygens (including phenoxy) is 3. The molecule has 4 aromatic rings. The van der Waals surface area contributed by atoms with Crippen LogP contribution >= 0.6 is 0 Å². The number of hydrogen-bond donors (Lipinski definition) is 2. The Hall–Kier alpha value is -3.95. The minimum atomic E-state index is -3.01. The summed E-state index contributed by atoms with van der Waals surface area (Å²) in [5.74, 6) is -0.321. The third kappa shape index (κ3) is 11.7. The van der Waals surface area contributed by atoms with Gasteiger partial charge in [0.05, 0.1) is 55.6 Å². The van der Waals surface area contributed by atoms with Crippen LogP contribution in [-0.2, 0) is 32.7 Å². The van der Waals surface area contributed by atoms with Gasteiger partial charge in [0.2, 0.25) is 0 Å². The first-order chi connectivity index (χ1) is 33.7. The van der Waals surface area contributed by atoms with Gasteiger partial charge in [-0.1, -0.05) is 191 Å². The van der Waals surface area contributed by atoms with Gasteiger partial charge in [-0.25, -0.2) is 0 Å². The molecule has 71 heavy (non-hydrogen) atoms. The Labute approximate surface area is 426 Å². The van der Waals surface area contributed by atoms with Gasteiger partial charge in [-0.05, 0) is 86.6 Å². The van der Waals surface area contributed by atoms with Crippen LogP contribution in [0.4, 0.5) is 0 Å². The number of aliphatic hydroxyl groups is 1. The van der Waals surface area contributed by atoms with E-state index in [2.05, 4.69) is 178 Å². The highest BCUT2D eigenvalue weighted by Crippen LogP contribution is 2.48. The minimum Gasteiger partial charge on any atom is -0.481 e. The Morgan fingerprint density at radius 2 is 0.915 bits per heavy atom. The maximum atomic E-state index is 14.6. The molecule has 0 bridgehead atoms. The van der Waals surface area contributed by atoms with Gasteiger partial charge in [0.25, 0.3) is 16.6 Å². The molecule has 9 nitrogen and oxygen atoms in total. The molecule has 11 heteroatoms. The van der Waals surface area contributed by atoms with Crippen molar-refractivity contribution in [1.82, 2.24) is 0 Å². The van der Waals surface area contributed by atoms with Crippen molar-refractivity contribution in [2.24, 2.45) is 35.5 Å². The average molecular weight is 1000 g/mol. The first kappa shape index (κ1) is 53.3. The predicted octanol–water partition coefficient (Wildman–Crippen LogP) is 9.69. The van der Waals surface area contributed by atoms with Crippen LogP contribution in [0.25, 0.3) is 0 Å². The van der Waals surface area contributed by atoms with E-state index in [0.29, 0.717) is 37.5 Å². The van der Waals surface area contributed by atoms with Crippen LogP contribution in [0, 0.1) is 35.5 Å². The Morgan fingerprint density at radius 1 is 0.563 bits per heavy atom. The summed E-state index contributed by atoms with van der Waals surface area (Å²) < 4.78 is 35.9. The Bertz CT molecular complexity index is 2280. The van der Waals surface area contributed by atoms with Crippen molar-refractivity contribution < 1.29 is 42.9 Å². The fourth-order valence-electron chi connectivity index (χ4n) is 12.5. The second-order valence-corrected chi connectivity index (χ2v) is 32.6. The van der Waals surface area contributed by atoms with Gasteiger partial charge in [0.1, 0.15) is 6.10 Å². The molecule has 1 unspecified atom stereocenters. The summed E-state index contributed by atoms with van der Waals surface area (Å²) in [5, 5.41) is 25.9. The normalized spacial score (nSPS) is 30.0. The number of hydrogen-bond acceptors (Lipinski definition) is 8. The molecule has 0 amide bonds. The third-order valence-electron chi connectivity index (χ3n) is 16.9. The molecule has 2 saturated carbocycles. The number of benzene rings is 4. The van der Waals surface area contributed by atoms with Crippen molar-refractivity contribution in [3.63, 3.8) is 0 Å². The fourth-order valence-corrected chi connectivity index (χ4v) is 22.1. The number of esters is 1. The number of carbonyl (C=O) groups excluding carboxylic acids is 1. The van der Waals surface area contributed by atoms with Gasteiger partial charge < -0.3 is 33.3 Å². The summed E-state index contributed by atoms with van der Waals surface area (Å²) in [6.45, 7) is 22.3. The van der Waals surface area contributed by atoms with Gasteiger partial charge >= 0.3 is 11.9 Å². The van der Waals surface area contributed by atoms with Crippen LogP contribution in [0.1, 0.15) is 121 Å². The third-order valence-corrected chi connectivity index (χ3v) is 27.0. The number of carbonyl (C=O) groups is 2. The topological polar surface area (TPSA) is 121 Å². The van der Waals surface area contributed by atoms with E-state index in [1.807, 2.05) is 12.1 Å². The SMILES string of the molecule is C[C@H]1[C@H](CC(=O)O[C@@H](C[C@@H]2C[C@H](O[Si](c3ccccc3)(c3ccccc3)C(C)(C)C)[C@@H](C)[C@H](CC(=O)O)O2)[C@H]2C[C@@H]2C)OC(C[C@H](O)[C@H]2C[C@@H]2C)C[C@@H]1O[Si](c1ccccc1)(c1ccccc1)C(C)(C)C. The van der Waals surface area contributed by atoms with Crippen LogP contribution in [-0.4, -0.2) is 87.6 Å². The Morgan fingerprint density at radius 3 is 1.25 bits per heavy atom. The van der Waals surface area contributed by atoms with E-state index in [0.717, 1.165) is 12.8 Å². The molecule has 0 spiro atoms. The van der Waals surface area contributed by atoms with E-state index in [4.69, 9.17) is 23.1 Å². The van der Waals surface area contributed by atoms with Gasteiger partial charge in [-0.2, -0.15) is 0 Å². The van der Waals surface area contributed by atoms with Crippen LogP contribution in [0.5, 0.6) is 0 Å². The van der Waals surface area contributed by atoms with Crippen LogP contribution in [0.15, 0.2) is 121 Å². The predicted molar refractivity (Wildman–Crippen MR) is 286 cm³/mol. The van der Waals surface area contributed by atoms with Crippen LogP contribution in [0.2, 0.25) is 10.1 Å². The molecule has 0 aromatic heterocycles. The monoisotopic (exact) mass is 1000 g/mol. The standard InChI is InChI=1S/C60H82O9Si2/c1-39-31-49(39)51(61)33-43-34-54(68-70(59(5,6)7,45-23-15-11-16-24-45)46-25-17-12-18-26-46)42(4)53(65-43)38-58(64)67-56(50-32-40(50)2)36-44-35-55(41(3)52(66-44)37-57(62)63)69-71(60(8,9)10,47-27-19-13-20-28-47)48-29-21-14-22-30-48/h11-30,39-44,49-56,61H,31-38H2,1-10H3,(H,62,63)/t39-,40-,41-,42-,43?,44-,49-,50-,51-,52-,53-,54-,55-,56-/m0/s1. The molecule has 4 aromatic carbocycles. The second kappa shape index (κ2) is 21.9. The van der Waals surface area contributed by atoms with Crippen LogP contribution < -0.4 is 20.7 Å². The molecule has 0 radical (unpaired) electrons. The number of carboxylic acid groups (broad SMARTS) is 1. The molecule has 2 N–H and O–H groups in total. The molecule has 2 aliphatic carbocycles. The van der Waals surface area contributed by atoms with E-state index in [-0.39, 0.29) is 70.9 Å². The molecule has 14 atom stereocenters. The molecular formula is C60H82O9Si2. The largest absolute Gasteiger partial charge is 0.481 e. The lowest BCUT2D eigenvalue weighted by molar-refractivity contribution is -0.174. The molecule has 8 rings (SSSR count). The summed E-state index contributed by atoms with van der Waals surface area (Å²) in [7, 11) is -6.00. The molecule has 2 aliphatic heterocycles. The van der Waals surface area contributed by atoms with E-state index in [1.165, 1.54) is 20.7 Å². The van der Waals surface area contributed by atoms with Gasteiger partial charge in [0.15, 0.2) is 0 Å². The first-order valence-electron chi connectivity index (χ1n) is 26.7. The highest BCUT2D eigenvalue weighted by atomic mass is 28.4. The maximum absolute atomic E-state index is 14.6. The summed E-state index contributed by atoms with van der Waals surface area (Å²) in [4.78, 5) is 27.1. The van der Waals surface area contributed by atoms with E-state index in [9.17, 15) is 19.8 Å². The molecule has 4 fully saturated rings. The van der Waals surface area contributed by atoms with Crippen molar-refractivity contribution in [2.75, 3.05) is 0 Å². The lowest BCUT2D eigenvalue weighted by Crippen LogP contribution is -2.69. The summed E-state index contributed by atoms with van der Waals surface area (Å²) in [6, 6.07) is 42.5. The quantitative estimate of drug-likeness (QED) is 0.0699. The van der Waals surface area contributed by atoms with Gasteiger partial charge in [-0.15, -0.1) is 0 Å². The van der Waals surface area contributed by atoms with E-state index >= 15 is 0 Å². The zero-order valence-corrected chi connectivity index (χ0v) is 46.0. The zero-order valence-electron chi connectivity index (χ0n) is 44.0. The van der Waals surface area contributed by atoms with Gasteiger partial charge in [0, 0.05) is 18.3 Å². The lowest BCUT2D eigenvalue weighted by atomic mass is 9.86. The zero-order chi connectivity index (χ0) is 50.9. The molecule has 2 saturated heterocycles. The number of rotatable bonds is 19. The highest BCUT2D eigenvalue weighted by molar-refractivity contribution is 7.00. The lowest BCUT2D eigenvalue weighted by Gasteiger charge is -2.49. The summed E-state index contributed by atoms with van der Waals surface area (Å²) >= 11 is 0. The number of carboxylic acids is 1. The fraction of sp³-hybridized carbons (Fsp3) is 0.567. The smallest absolute Gasteiger partial charge is 0.308 e. The Balaban J connectivity index is 1.06. The van der Waals surface area contributed by atoms with Gasteiger partial charge in [-0.3, -0.25) is 9.59 Å². The molecule has 4 aliphatic rings. The summed E-state index contributed by atoms with van der Waals surface area (Å²) in [6.07, 6.45) is 0.687. The van der Waals surface area contributed by atoms with Crippen LogP contribution in [0.3, 0.4) is 0 Å². The Kier molecular flexibility index (Phi) is 16.4. The van der Waals surface area contributed by atoms with E-state index in [1.54, 1.807) is 0 Å². The molecule has 384 valence electrons. The number of aliphatic hydroxyl groups excluding tert-OH is 1. The first-order valence-corrected chi connectivity index (χ1v) is 30.5. The maximum Gasteiger partial charge on any atom is 0.308 e. The highest BCUT2D eigenvalue weighted by Gasteiger charge is 2.56. The number of aliphatic carboxylic acids is 1. The average Bonchev–Trinajstić information content (AvgIpc) is 4.26. The molecule has 2 heterocycles. The van der Waals surface area contributed by atoms with Crippen molar-refractivity contribution in [2.45, 2.75) is 180 Å².